The van der Waals surface area contributed by atoms with Gasteiger partial charge in [-0.25, -0.2) is 13.2 Å². The third-order valence-corrected chi connectivity index (χ3v) is 7.26. The van der Waals surface area contributed by atoms with Gasteiger partial charge in [-0.05, 0) is 50.1 Å². The van der Waals surface area contributed by atoms with Crippen LogP contribution >= 0.6 is 11.6 Å². The Labute approximate surface area is 181 Å². The van der Waals surface area contributed by atoms with E-state index in [4.69, 9.17) is 11.6 Å². The normalized spacial score (nSPS) is 17.4. The number of hydrogen-bond donors (Lipinski definition) is 1. The van der Waals surface area contributed by atoms with Gasteiger partial charge in [-0.3, -0.25) is 4.79 Å². The van der Waals surface area contributed by atoms with Gasteiger partial charge in [0, 0.05) is 18.8 Å². The molecule has 0 saturated carbocycles. The van der Waals surface area contributed by atoms with E-state index in [0.717, 1.165) is 5.56 Å². The Hall–Kier alpha value is -2.42. The van der Waals surface area contributed by atoms with Crippen molar-refractivity contribution in [3.8, 4) is 0 Å². The lowest BCUT2D eigenvalue weighted by atomic mass is 9.98. The number of hydrogen-bond acceptors (Lipinski definition) is 5. The maximum absolute atomic E-state index is 12.9. The second-order valence-corrected chi connectivity index (χ2v) is 9.54. The second kappa shape index (κ2) is 9.16. The smallest absolute Gasteiger partial charge is 0.339 e. The van der Waals surface area contributed by atoms with Gasteiger partial charge in [0.15, 0.2) is 0 Å². The molecule has 2 aromatic rings. The first-order chi connectivity index (χ1) is 14.2. The van der Waals surface area contributed by atoms with Crippen LogP contribution in [0.4, 0.5) is 5.69 Å². The Morgan fingerprint density at radius 1 is 1.17 bits per heavy atom. The standard InChI is InChI=1S/C21H23ClN2O5S/c1-14-5-8-17(9-6-14)30(27,28)24-11-3-4-15(13-24)20(25)23-16-7-10-19(22)18(12-16)21(26)29-2/h5-10,12,15H,3-4,11,13H2,1-2H3,(H,23,25)/t15-/m0/s1. The molecule has 30 heavy (non-hydrogen) atoms. The van der Waals surface area contributed by atoms with Crippen LogP contribution in [0.15, 0.2) is 47.4 Å². The highest BCUT2D eigenvalue weighted by Gasteiger charge is 2.33. The topological polar surface area (TPSA) is 92.8 Å². The molecule has 1 amide bonds. The minimum absolute atomic E-state index is 0.0967. The number of aryl methyl sites for hydroxylation is 1. The van der Waals surface area contributed by atoms with Gasteiger partial charge in [0.2, 0.25) is 15.9 Å². The van der Waals surface area contributed by atoms with E-state index < -0.39 is 21.9 Å². The first kappa shape index (κ1) is 22.3. The number of anilines is 1. The Morgan fingerprint density at radius 2 is 1.87 bits per heavy atom. The number of amides is 1. The summed E-state index contributed by atoms with van der Waals surface area (Å²) >= 11 is 6.01. The summed E-state index contributed by atoms with van der Waals surface area (Å²) in [6, 6.07) is 11.2. The molecule has 0 bridgehead atoms. The van der Waals surface area contributed by atoms with Gasteiger partial charge >= 0.3 is 5.97 Å². The second-order valence-electron chi connectivity index (χ2n) is 7.19. The molecule has 7 nitrogen and oxygen atoms in total. The lowest BCUT2D eigenvalue weighted by molar-refractivity contribution is -0.120. The predicted molar refractivity (Wildman–Crippen MR) is 114 cm³/mol. The van der Waals surface area contributed by atoms with Crippen LogP contribution in [0, 0.1) is 12.8 Å². The van der Waals surface area contributed by atoms with E-state index in [0.29, 0.717) is 25.1 Å². The maximum atomic E-state index is 12.9. The average Bonchev–Trinajstić information content (AvgIpc) is 2.75. The van der Waals surface area contributed by atoms with Crippen LogP contribution in [-0.2, 0) is 19.6 Å². The Balaban J connectivity index is 1.73. The quantitative estimate of drug-likeness (QED) is 0.704. The van der Waals surface area contributed by atoms with Gasteiger partial charge in [-0.2, -0.15) is 4.31 Å². The highest BCUT2D eigenvalue weighted by Crippen LogP contribution is 2.26. The van der Waals surface area contributed by atoms with Crippen molar-refractivity contribution in [1.82, 2.24) is 4.31 Å². The zero-order valence-corrected chi connectivity index (χ0v) is 18.3. The molecular weight excluding hydrogens is 428 g/mol. The van der Waals surface area contributed by atoms with E-state index in [1.165, 1.54) is 23.5 Å². The summed E-state index contributed by atoms with van der Waals surface area (Å²) in [7, 11) is -2.43. The molecular formula is C21H23ClN2O5S. The van der Waals surface area contributed by atoms with Crippen LogP contribution in [0.25, 0.3) is 0 Å². The molecule has 160 valence electrons. The van der Waals surface area contributed by atoms with Crippen LogP contribution < -0.4 is 5.32 Å². The van der Waals surface area contributed by atoms with Crippen molar-refractivity contribution in [3.05, 3.63) is 58.6 Å². The highest BCUT2D eigenvalue weighted by molar-refractivity contribution is 7.89. The van der Waals surface area contributed by atoms with Gasteiger partial charge < -0.3 is 10.1 Å². The number of esters is 1. The van der Waals surface area contributed by atoms with Crippen molar-refractivity contribution in [2.75, 3.05) is 25.5 Å². The Kier molecular flexibility index (Phi) is 6.80. The van der Waals surface area contributed by atoms with E-state index in [2.05, 4.69) is 10.1 Å². The SMILES string of the molecule is COC(=O)c1cc(NC(=O)[C@H]2CCCN(S(=O)(=O)c3ccc(C)cc3)C2)ccc1Cl. The molecule has 2 aromatic carbocycles. The summed E-state index contributed by atoms with van der Waals surface area (Å²) in [6.45, 7) is 2.35. The number of nitrogens with one attached hydrogen (secondary N) is 1. The zero-order chi connectivity index (χ0) is 21.9. The number of ether oxygens (including phenoxy) is 1. The number of nitrogens with zero attached hydrogens (tertiary/aromatic N) is 1. The van der Waals surface area contributed by atoms with Gasteiger partial charge in [0.1, 0.15) is 0 Å². The van der Waals surface area contributed by atoms with Crippen LogP contribution in [0.1, 0.15) is 28.8 Å². The highest BCUT2D eigenvalue weighted by atomic mass is 35.5. The summed E-state index contributed by atoms with van der Waals surface area (Å²) < 4.78 is 31.9. The fourth-order valence-electron chi connectivity index (χ4n) is 3.35. The number of sulfonamides is 1. The summed E-state index contributed by atoms with van der Waals surface area (Å²) in [4.78, 5) is 24.8. The predicted octanol–water partition coefficient (Wildman–Crippen LogP) is 3.47. The van der Waals surface area contributed by atoms with Crippen LogP contribution in [0.3, 0.4) is 0 Å². The van der Waals surface area contributed by atoms with Crippen molar-refractivity contribution in [2.24, 2.45) is 5.92 Å². The molecule has 1 atom stereocenters. The molecule has 9 heteroatoms. The summed E-state index contributed by atoms with van der Waals surface area (Å²) in [6.07, 6.45) is 1.15. The Morgan fingerprint density at radius 3 is 2.53 bits per heavy atom. The van der Waals surface area contributed by atoms with Crippen LogP contribution in [-0.4, -0.2) is 44.8 Å². The number of rotatable bonds is 5. The van der Waals surface area contributed by atoms with E-state index in [1.54, 1.807) is 30.3 Å². The first-order valence-electron chi connectivity index (χ1n) is 9.48. The van der Waals surface area contributed by atoms with Crippen LogP contribution in [0.5, 0.6) is 0 Å². The molecule has 1 N–H and O–H groups in total. The van der Waals surface area contributed by atoms with E-state index in [9.17, 15) is 18.0 Å². The lowest BCUT2D eigenvalue weighted by Crippen LogP contribution is -2.43. The molecule has 0 radical (unpaired) electrons. The largest absolute Gasteiger partial charge is 0.465 e. The van der Waals surface area contributed by atoms with E-state index in [-0.39, 0.29) is 27.9 Å². The number of halogens is 1. The number of benzene rings is 2. The molecule has 0 aromatic heterocycles. The van der Waals surface area contributed by atoms with Gasteiger partial charge in [-0.1, -0.05) is 29.3 Å². The number of methoxy groups -OCH3 is 1. The van der Waals surface area contributed by atoms with Crippen molar-refractivity contribution >= 4 is 39.2 Å². The van der Waals surface area contributed by atoms with E-state index >= 15 is 0 Å². The van der Waals surface area contributed by atoms with Gasteiger partial charge in [-0.15, -0.1) is 0 Å². The van der Waals surface area contributed by atoms with E-state index in [1.807, 2.05) is 6.92 Å². The molecule has 1 aliphatic heterocycles. The Bertz CT molecular complexity index is 1050. The van der Waals surface area contributed by atoms with Crippen LogP contribution in [0.2, 0.25) is 5.02 Å². The molecule has 0 unspecified atom stereocenters. The first-order valence-corrected chi connectivity index (χ1v) is 11.3. The van der Waals surface area contributed by atoms with Gasteiger partial charge in [0.25, 0.3) is 0 Å². The molecule has 1 fully saturated rings. The molecule has 1 heterocycles. The lowest BCUT2D eigenvalue weighted by Gasteiger charge is -2.31. The van der Waals surface area contributed by atoms with Gasteiger partial charge in [0.05, 0.1) is 28.5 Å². The molecule has 1 aliphatic rings. The minimum Gasteiger partial charge on any atom is -0.465 e. The average molecular weight is 451 g/mol. The molecule has 0 aliphatic carbocycles. The monoisotopic (exact) mass is 450 g/mol. The summed E-state index contributed by atoms with van der Waals surface area (Å²) in [5.74, 6) is -1.42. The molecule has 3 rings (SSSR count). The zero-order valence-electron chi connectivity index (χ0n) is 16.7. The number of carbonyl (C=O) groups is 2. The number of piperidine rings is 1. The summed E-state index contributed by atoms with van der Waals surface area (Å²) in [5, 5.41) is 2.97. The van der Waals surface area contributed by atoms with Crippen molar-refractivity contribution in [3.63, 3.8) is 0 Å². The molecule has 0 spiro atoms. The fraction of sp³-hybridized carbons (Fsp3) is 0.333. The van der Waals surface area contributed by atoms with Crippen molar-refractivity contribution in [2.45, 2.75) is 24.7 Å². The number of carbonyl (C=O) groups excluding carboxylic acids is 2. The van der Waals surface area contributed by atoms with Crippen molar-refractivity contribution in [1.29, 1.82) is 0 Å². The minimum atomic E-state index is -3.67. The molecule has 1 saturated heterocycles. The fourth-order valence-corrected chi connectivity index (χ4v) is 5.07. The van der Waals surface area contributed by atoms with Crippen molar-refractivity contribution < 1.29 is 22.7 Å². The summed E-state index contributed by atoms with van der Waals surface area (Å²) in [5.41, 5.74) is 1.51. The third-order valence-electron chi connectivity index (χ3n) is 5.05. The maximum Gasteiger partial charge on any atom is 0.339 e. The third kappa shape index (κ3) is 4.83.